The summed E-state index contributed by atoms with van der Waals surface area (Å²) in [5.41, 5.74) is 2.33. The predicted molar refractivity (Wildman–Crippen MR) is 106 cm³/mol. The maximum Gasteiger partial charge on any atom is 0.252 e. The van der Waals surface area contributed by atoms with E-state index in [9.17, 15) is 14.9 Å². The molecule has 6 nitrogen and oxygen atoms in total. The number of hydrogen-bond donors (Lipinski definition) is 2. The van der Waals surface area contributed by atoms with E-state index in [-0.39, 0.29) is 23.9 Å². The molecule has 2 N–H and O–H groups in total. The van der Waals surface area contributed by atoms with E-state index < -0.39 is 0 Å². The molecule has 0 aliphatic rings. The summed E-state index contributed by atoms with van der Waals surface area (Å²) < 4.78 is 0. The van der Waals surface area contributed by atoms with Crippen LogP contribution in [0.5, 0.6) is 0 Å². The Morgan fingerprint density at radius 1 is 0.964 bits per heavy atom. The van der Waals surface area contributed by atoms with Crippen molar-refractivity contribution in [1.82, 2.24) is 10.6 Å². The molecule has 0 saturated heterocycles. The van der Waals surface area contributed by atoms with Crippen molar-refractivity contribution in [3.63, 3.8) is 0 Å². The minimum atomic E-state index is -0.281. The third-order valence-electron chi connectivity index (χ3n) is 4.04. The molecule has 0 aliphatic carbocycles. The van der Waals surface area contributed by atoms with Crippen molar-refractivity contribution in [2.24, 2.45) is 0 Å². The summed E-state index contributed by atoms with van der Waals surface area (Å²) >= 11 is 0. The maximum absolute atomic E-state index is 12.4. The molecule has 2 aromatic rings. The van der Waals surface area contributed by atoms with Gasteiger partial charge in [0.15, 0.2) is 0 Å². The number of nitriles is 2. The summed E-state index contributed by atoms with van der Waals surface area (Å²) in [6, 6.07) is 15.5. The second-order valence-corrected chi connectivity index (χ2v) is 6.89. The second kappa shape index (κ2) is 9.34. The maximum atomic E-state index is 12.4. The molecule has 0 bridgehead atoms. The summed E-state index contributed by atoms with van der Waals surface area (Å²) in [5.74, 6) is -0.546. The molecule has 2 rings (SSSR count). The first-order chi connectivity index (χ1) is 13.3. The van der Waals surface area contributed by atoms with Crippen LogP contribution in [0.15, 0.2) is 42.5 Å². The summed E-state index contributed by atoms with van der Waals surface area (Å²) in [7, 11) is 0. The zero-order valence-corrected chi connectivity index (χ0v) is 16.1. The fourth-order valence-corrected chi connectivity index (χ4v) is 2.79. The molecule has 1 atom stereocenters. The van der Waals surface area contributed by atoms with Crippen molar-refractivity contribution < 1.29 is 9.59 Å². The van der Waals surface area contributed by atoms with Crippen LogP contribution in [0.3, 0.4) is 0 Å². The zero-order valence-electron chi connectivity index (χ0n) is 16.1. The summed E-state index contributed by atoms with van der Waals surface area (Å²) in [6.45, 7) is 5.57. The van der Waals surface area contributed by atoms with E-state index in [1.165, 1.54) is 6.07 Å². The Bertz CT molecular complexity index is 967. The molecule has 0 fully saturated rings. The predicted octanol–water partition coefficient (Wildman–Crippen LogP) is 2.93. The van der Waals surface area contributed by atoms with E-state index >= 15 is 0 Å². The van der Waals surface area contributed by atoms with Crippen molar-refractivity contribution in [2.75, 3.05) is 0 Å². The zero-order chi connectivity index (χ0) is 20.7. The van der Waals surface area contributed by atoms with Crippen LogP contribution in [0.2, 0.25) is 0 Å². The van der Waals surface area contributed by atoms with Crippen LogP contribution in [0.1, 0.15) is 58.2 Å². The molecule has 0 heterocycles. The smallest absolute Gasteiger partial charge is 0.252 e. The minimum Gasteiger partial charge on any atom is -0.350 e. The Hall–Kier alpha value is -3.64. The highest BCUT2D eigenvalue weighted by atomic mass is 16.2. The monoisotopic (exact) mass is 374 g/mol. The number of amides is 2. The average Bonchev–Trinajstić information content (AvgIpc) is 2.67. The van der Waals surface area contributed by atoms with Gasteiger partial charge in [0.25, 0.3) is 11.8 Å². The van der Waals surface area contributed by atoms with Gasteiger partial charge in [0.2, 0.25) is 0 Å². The first kappa shape index (κ1) is 20.7. The van der Waals surface area contributed by atoms with Crippen molar-refractivity contribution in [3.05, 3.63) is 70.3 Å². The van der Waals surface area contributed by atoms with E-state index in [1.807, 2.05) is 26.8 Å². The Labute approximate surface area is 164 Å². The van der Waals surface area contributed by atoms with Crippen molar-refractivity contribution in [3.8, 4) is 12.1 Å². The standard InChI is InChI=1S/C22H22N4O2/c1-14(2)25-22(28)20-8-7-16(10-19(20)13-24)9-15(3)26-21(27)18-6-4-5-17(11-18)12-23/h4-8,10-11,14-15H,9H2,1-3H3,(H,25,28)(H,26,27). The molecular weight excluding hydrogens is 352 g/mol. The van der Waals surface area contributed by atoms with Gasteiger partial charge in [0.1, 0.15) is 0 Å². The van der Waals surface area contributed by atoms with Gasteiger partial charge in [0, 0.05) is 17.6 Å². The van der Waals surface area contributed by atoms with E-state index in [4.69, 9.17) is 5.26 Å². The van der Waals surface area contributed by atoms with Crippen LogP contribution < -0.4 is 10.6 Å². The van der Waals surface area contributed by atoms with Gasteiger partial charge in [-0.1, -0.05) is 12.1 Å². The molecule has 1 unspecified atom stereocenters. The number of carbonyl (C=O) groups is 2. The molecule has 6 heteroatoms. The Balaban J connectivity index is 2.08. The van der Waals surface area contributed by atoms with Crippen molar-refractivity contribution in [2.45, 2.75) is 39.3 Å². The van der Waals surface area contributed by atoms with Gasteiger partial charge < -0.3 is 10.6 Å². The van der Waals surface area contributed by atoms with Crippen LogP contribution in [-0.2, 0) is 6.42 Å². The lowest BCUT2D eigenvalue weighted by Crippen LogP contribution is -2.34. The molecule has 2 amide bonds. The first-order valence-corrected chi connectivity index (χ1v) is 8.99. The molecular formula is C22H22N4O2. The molecule has 0 spiro atoms. The van der Waals surface area contributed by atoms with Gasteiger partial charge in [0.05, 0.1) is 28.8 Å². The number of rotatable bonds is 6. The van der Waals surface area contributed by atoms with Crippen LogP contribution in [-0.4, -0.2) is 23.9 Å². The third-order valence-corrected chi connectivity index (χ3v) is 4.04. The number of carbonyl (C=O) groups excluding carboxylic acids is 2. The topological polar surface area (TPSA) is 106 Å². The molecule has 0 aromatic heterocycles. The lowest BCUT2D eigenvalue weighted by molar-refractivity contribution is 0.0933. The van der Waals surface area contributed by atoms with Gasteiger partial charge in [-0.25, -0.2) is 0 Å². The highest BCUT2D eigenvalue weighted by Crippen LogP contribution is 2.14. The molecule has 2 aromatic carbocycles. The summed E-state index contributed by atoms with van der Waals surface area (Å²) in [6.07, 6.45) is 0.504. The summed E-state index contributed by atoms with van der Waals surface area (Å²) in [4.78, 5) is 24.5. The van der Waals surface area contributed by atoms with E-state index in [1.54, 1.807) is 36.4 Å². The average molecular weight is 374 g/mol. The summed E-state index contributed by atoms with van der Waals surface area (Å²) in [5, 5.41) is 24.0. The first-order valence-electron chi connectivity index (χ1n) is 8.99. The fraction of sp³-hybridized carbons (Fsp3) is 0.273. The molecule has 0 saturated carbocycles. The highest BCUT2D eigenvalue weighted by Gasteiger charge is 2.15. The van der Waals surface area contributed by atoms with Crippen molar-refractivity contribution >= 4 is 11.8 Å². The quantitative estimate of drug-likeness (QED) is 0.811. The van der Waals surface area contributed by atoms with Gasteiger partial charge in [-0.05, 0) is 63.1 Å². The van der Waals surface area contributed by atoms with Crippen LogP contribution in [0, 0.1) is 22.7 Å². The third kappa shape index (κ3) is 5.43. The molecule has 28 heavy (non-hydrogen) atoms. The van der Waals surface area contributed by atoms with Gasteiger partial charge in [-0.3, -0.25) is 9.59 Å². The Kier molecular flexibility index (Phi) is 6.90. The van der Waals surface area contributed by atoms with Crippen LogP contribution in [0.4, 0.5) is 0 Å². The van der Waals surface area contributed by atoms with E-state index in [0.717, 1.165) is 5.56 Å². The lowest BCUT2D eigenvalue weighted by Gasteiger charge is -2.15. The number of nitrogens with one attached hydrogen (secondary N) is 2. The van der Waals surface area contributed by atoms with Crippen LogP contribution >= 0.6 is 0 Å². The van der Waals surface area contributed by atoms with Gasteiger partial charge >= 0.3 is 0 Å². The molecule has 0 radical (unpaired) electrons. The Morgan fingerprint density at radius 3 is 2.36 bits per heavy atom. The van der Waals surface area contributed by atoms with Crippen LogP contribution in [0.25, 0.3) is 0 Å². The minimum absolute atomic E-state index is 0.0199. The normalized spacial score (nSPS) is 11.2. The molecule has 0 aliphatic heterocycles. The largest absolute Gasteiger partial charge is 0.350 e. The van der Waals surface area contributed by atoms with Gasteiger partial charge in [-0.2, -0.15) is 10.5 Å². The fourth-order valence-electron chi connectivity index (χ4n) is 2.79. The number of nitrogens with zero attached hydrogens (tertiary/aromatic N) is 2. The number of benzene rings is 2. The Morgan fingerprint density at radius 2 is 1.71 bits per heavy atom. The lowest BCUT2D eigenvalue weighted by atomic mass is 9.99. The number of hydrogen-bond acceptors (Lipinski definition) is 4. The highest BCUT2D eigenvalue weighted by molar-refractivity contribution is 5.97. The molecule has 142 valence electrons. The van der Waals surface area contributed by atoms with Gasteiger partial charge in [-0.15, -0.1) is 0 Å². The van der Waals surface area contributed by atoms with E-state index in [2.05, 4.69) is 16.7 Å². The second-order valence-electron chi connectivity index (χ2n) is 6.89. The van der Waals surface area contributed by atoms with E-state index in [0.29, 0.717) is 28.7 Å². The van der Waals surface area contributed by atoms with Crippen molar-refractivity contribution in [1.29, 1.82) is 10.5 Å². The SMILES string of the molecule is CC(C)NC(=O)c1ccc(CC(C)NC(=O)c2cccc(C#N)c2)cc1C#N.